The van der Waals surface area contributed by atoms with Crippen LogP contribution in [0.25, 0.3) is 0 Å². The third-order valence-electron chi connectivity index (χ3n) is 3.48. The summed E-state index contributed by atoms with van der Waals surface area (Å²) in [4.78, 5) is 8.74. The van der Waals surface area contributed by atoms with Gasteiger partial charge in [-0.1, -0.05) is 18.7 Å². The molecule has 19 heavy (non-hydrogen) atoms. The summed E-state index contributed by atoms with van der Waals surface area (Å²) in [5.41, 5.74) is 0.639. The number of hydrogen-bond donors (Lipinski definition) is 1. The van der Waals surface area contributed by atoms with Crippen molar-refractivity contribution in [3.63, 3.8) is 0 Å². The van der Waals surface area contributed by atoms with Crippen LogP contribution in [0.4, 0.5) is 0 Å². The molecule has 0 bridgehead atoms. The maximum atomic E-state index is 9.45. The van der Waals surface area contributed by atoms with Crippen LogP contribution in [-0.2, 0) is 0 Å². The van der Waals surface area contributed by atoms with Gasteiger partial charge in [-0.2, -0.15) is 5.26 Å². The van der Waals surface area contributed by atoms with Gasteiger partial charge in [0.05, 0.1) is 6.07 Å². The summed E-state index contributed by atoms with van der Waals surface area (Å²) in [5, 5.41) is 14.1. The molecule has 0 spiro atoms. The number of nitrogens with zero attached hydrogens (tertiary/aromatic N) is 3. The molecule has 1 heterocycles. The normalized spacial score (nSPS) is 26.9. The van der Waals surface area contributed by atoms with Crippen molar-refractivity contribution in [2.45, 2.75) is 55.5 Å². The maximum absolute atomic E-state index is 9.45. The van der Waals surface area contributed by atoms with Crippen molar-refractivity contribution >= 4 is 11.8 Å². The van der Waals surface area contributed by atoms with Gasteiger partial charge >= 0.3 is 0 Å². The molecule has 0 aliphatic heterocycles. The molecular formula is C14H20N4S. The largest absolute Gasteiger partial charge is 0.300 e. The zero-order valence-electron chi connectivity index (χ0n) is 11.5. The van der Waals surface area contributed by atoms with Crippen molar-refractivity contribution < 1.29 is 0 Å². The van der Waals surface area contributed by atoms with E-state index < -0.39 is 0 Å². The highest BCUT2D eigenvalue weighted by Crippen LogP contribution is 2.36. The molecule has 1 fully saturated rings. The van der Waals surface area contributed by atoms with Crippen LogP contribution >= 0.6 is 11.8 Å². The van der Waals surface area contributed by atoms with Crippen molar-refractivity contribution in [2.24, 2.45) is 0 Å². The highest BCUT2D eigenvalue weighted by molar-refractivity contribution is 7.99. The zero-order valence-corrected chi connectivity index (χ0v) is 12.3. The van der Waals surface area contributed by atoms with Crippen LogP contribution in [0.1, 0.15) is 38.3 Å². The summed E-state index contributed by atoms with van der Waals surface area (Å²) < 4.78 is 0. The van der Waals surface area contributed by atoms with E-state index in [1.807, 2.05) is 13.0 Å². The second-order valence-corrected chi connectivity index (χ2v) is 6.31. The molecule has 0 aromatic carbocycles. The first-order chi connectivity index (χ1) is 9.17. The Morgan fingerprint density at radius 1 is 1.63 bits per heavy atom. The minimum atomic E-state index is -0.353. The average Bonchev–Trinajstić information content (AvgIpc) is 2.39. The number of nitriles is 1. The van der Waals surface area contributed by atoms with Crippen LogP contribution in [0.3, 0.4) is 0 Å². The number of aryl methyl sites for hydroxylation is 1. The molecule has 2 atom stereocenters. The van der Waals surface area contributed by atoms with Gasteiger partial charge in [0.15, 0.2) is 5.16 Å². The Morgan fingerprint density at radius 3 is 3.16 bits per heavy atom. The first-order valence-electron chi connectivity index (χ1n) is 6.80. The van der Waals surface area contributed by atoms with Gasteiger partial charge in [-0.15, -0.1) is 0 Å². The summed E-state index contributed by atoms with van der Waals surface area (Å²) in [6.45, 7) is 4.87. The predicted octanol–water partition coefficient (Wildman–Crippen LogP) is 2.69. The molecule has 1 aliphatic carbocycles. The first-order valence-corrected chi connectivity index (χ1v) is 7.68. The van der Waals surface area contributed by atoms with E-state index in [1.165, 1.54) is 0 Å². The van der Waals surface area contributed by atoms with Gasteiger partial charge in [0.2, 0.25) is 0 Å². The highest BCUT2D eigenvalue weighted by atomic mass is 32.2. The minimum Gasteiger partial charge on any atom is -0.300 e. The fourth-order valence-corrected chi connectivity index (χ4v) is 3.87. The number of aromatic nitrogens is 2. The van der Waals surface area contributed by atoms with E-state index in [1.54, 1.807) is 18.0 Å². The van der Waals surface area contributed by atoms with Crippen LogP contribution in [-0.4, -0.2) is 27.3 Å². The molecule has 1 N–H and O–H groups in total. The van der Waals surface area contributed by atoms with Gasteiger partial charge in [-0.05, 0) is 45.2 Å². The Hall–Kier alpha value is -1.12. The fraction of sp³-hybridized carbons (Fsp3) is 0.643. The molecule has 1 aromatic heterocycles. The van der Waals surface area contributed by atoms with E-state index in [-0.39, 0.29) is 5.54 Å². The van der Waals surface area contributed by atoms with E-state index in [4.69, 9.17) is 0 Å². The number of hydrogen-bond acceptors (Lipinski definition) is 5. The van der Waals surface area contributed by atoms with Crippen molar-refractivity contribution in [1.29, 1.82) is 5.26 Å². The lowest BCUT2D eigenvalue weighted by molar-refractivity contribution is 0.309. The Labute approximate surface area is 119 Å². The maximum Gasteiger partial charge on any atom is 0.187 e. The van der Waals surface area contributed by atoms with Crippen molar-refractivity contribution in [1.82, 2.24) is 15.3 Å². The SMILES string of the molecule is CCNC1(C#N)CCCC(Sc2nccc(C)n2)C1. The molecule has 102 valence electrons. The van der Waals surface area contributed by atoms with Gasteiger partial charge < -0.3 is 0 Å². The molecule has 1 aliphatic rings. The molecule has 0 amide bonds. The molecule has 2 rings (SSSR count). The summed E-state index contributed by atoms with van der Waals surface area (Å²) in [6.07, 6.45) is 5.85. The van der Waals surface area contributed by atoms with Gasteiger partial charge in [0, 0.05) is 17.1 Å². The molecule has 0 saturated heterocycles. The molecular weight excluding hydrogens is 256 g/mol. The lowest BCUT2D eigenvalue weighted by atomic mass is 9.82. The zero-order chi connectivity index (χ0) is 13.7. The molecule has 5 heteroatoms. The summed E-state index contributed by atoms with van der Waals surface area (Å²) >= 11 is 1.71. The van der Waals surface area contributed by atoms with E-state index in [0.29, 0.717) is 5.25 Å². The minimum absolute atomic E-state index is 0.353. The second kappa shape index (κ2) is 6.36. The summed E-state index contributed by atoms with van der Waals surface area (Å²) in [6, 6.07) is 4.39. The van der Waals surface area contributed by atoms with Crippen molar-refractivity contribution in [3.8, 4) is 6.07 Å². The van der Waals surface area contributed by atoms with E-state index in [0.717, 1.165) is 43.1 Å². The lowest BCUT2D eigenvalue weighted by Crippen LogP contribution is -2.48. The third kappa shape index (κ3) is 3.68. The predicted molar refractivity (Wildman–Crippen MR) is 76.9 cm³/mol. The molecule has 4 nitrogen and oxygen atoms in total. The van der Waals surface area contributed by atoms with Crippen molar-refractivity contribution in [3.05, 3.63) is 18.0 Å². The molecule has 0 radical (unpaired) electrons. The van der Waals surface area contributed by atoms with Gasteiger partial charge in [0.25, 0.3) is 0 Å². The van der Waals surface area contributed by atoms with Crippen molar-refractivity contribution in [2.75, 3.05) is 6.54 Å². The van der Waals surface area contributed by atoms with Crippen LogP contribution in [0.2, 0.25) is 0 Å². The topological polar surface area (TPSA) is 61.6 Å². The monoisotopic (exact) mass is 276 g/mol. The van der Waals surface area contributed by atoms with E-state index >= 15 is 0 Å². The second-order valence-electron chi connectivity index (χ2n) is 5.04. The Bertz CT molecular complexity index is 467. The fourth-order valence-electron chi connectivity index (χ4n) is 2.60. The highest BCUT2D eigenvalue weighted by Gasteiger charge is 2.36. The Morgan fingerprint density at radius 2 is 2.47 bits per heavy atom. The quantitative estimate of drug-likeness (QED) is 0.857. The number of rotatable bonds is 4. The molecule has 2 unspecified atom stereocenters. The molecule has 1 aromatic rings. The Balaban J connectivity index is 2.03. The Kier molecular flexibility index (Phi) is 4.78. The van der Waals surface area contributed by atoms with Crippen LogP contribution < -0.4 is 5.32 Å². The van der Waals surface area contributed by atoms with Crippen LogP contribution in [0, 0.1) is 18.3 Å². The van der Waals surface area contributed by atoms with E-state index in [2.05, 4.69) is 28.3 Å². The van der Waals surface area contributed by atoms with Gasteiger partial charge in [0.1, 0.15) is 5.54 Å². The third-order valence-corrected chi connectivity index (χ3v) is 4.62. The van der Waals surface area contributed by atoms with Gasteiger partial charge in [-0.3, -0.25) is 5.32 Å². The standard InChI is InChI=1S/C14H20N4S/c1-3-17-14(10-15)7-4-5-12(9-14)19-13-16-8-6-11(2)18-13/h6,8,12,17H,3-5,7,9H2,1-2H3. The lowest BCUT2D eigenvalue weighted by Gasteiger charge is -2.35. The number of nitrogens with one attached hydrogen (secondary N) is 1. The molecule has 1 saturated carbocycles. The summed E-state index contributed by atoms with van der Waals surface area (Å²) in [7, 11) is 0. The van der Waals surface area contributed by atoms with Gasteiger partial charge in [-0.25, -0.2) is 9.97 Å². The first kappa shape index (κ1) is 14.3. The smallest absolute Gasteiger partial charge is 0.187 e. The van der Waals surface area contributed by atoms with Crippen LogP contribution in [0.5, 0.6) is 0 Å². The number of thioether (sulfide) groups is 1. The van der Waals surface area contributed by atoms with E-state index in [9.17, 15) is 5.26 Å². The average molecular weight is 276 g/mol. The summed E-state index contributed by atoms with van der Waals surface area (Å²) in [5.74, 6) is 0. The van der Waals surface area contributed by atoms with Crippen LogP contribution in [0.15, 0.2) is 17.4 Å².